The fraction of sp³-hybridized carbons (Fsp3) is 0.333. The number of fused-ring (bicyclic) bond motifs is 1. The second-order valence-electron chi connectivity index (χ2n) is 7.34. The third-order valence-electron chi connectivity index (χ3n) is 5.34. The molecule has 2 aromatic rings. The molecule has 2 N–H and O–H groups in total. The van der Waals surface area contributed by atoms with Crippen molar-refractivity contribution in [2.45, 2.75) is 51.6 Å². The van der Waals surface area contributed by atoms with E-state index in [1.165, 1.54) is 35.7 Å². The Balaban J connectivity index is 1.64. The van der Waals surface area contributed by atoms with E-state index in [2.05, 4.69) is 35.8 Å². The molecule has 3 rings (SSSR count). The minimum Gasteiger partial charge on any atom is -0.383 e. The van der Waals surface area contributed by atoms with Crippen molar-refractivity contribution in [1.29, 1.82) is 5.26 Å². The van der Waals surface area contributed by atoms with Gasteiger partial charge in [-0.05, 0) is 66.5 Å². The number of halogens is 1. The molecule has 0 bridgehead atoms. The Labute approximate surface area is 177 Å². The third-order valence-corrected chi connectivity index (χ3v) is 5.60. The molecule has 0 heterocycles. The number of nitriles is 1. The SMILES string of the molecule is CCC(N/C=C(/C#N)C(=O)NCc1ccc(Cl)cc1)c1ccc2c(c1)CCCC2. The van der Waals surface area contributed by atoms with Gasteiger partial charge in [-0.1, -0.05) is 48.9 Å². The lowest BCUT2D eigenvalue weighted by Crippen LogP contribution is -2.26. The van der Waals surface area contributed by atoms with E-state index in [1.54, 1.807) is 12.1 Å². The number of carbonyl (C=O) groups is 1. The summed E-state index contributed by atoms with van der Waals surface area (Å²) >= 11 is 5.87. The first kappa shape index (κ1) is 21.0. The van der Waals surface area contributed by atoms with Crippen LogP contribution in [0.25, 0.3) is 0 Å². The second-order valence-corrected chi connectivity index (χ2v) is 7.78. The first-order valence-corrected chi connectivity index (χ1v) is 10.5. The minimum absolute atomic E-state index is 0.0645. The molecule has 0 aromatic heterocycles. The number of hydrogen-bond donors (Lipinski definition) is 2. The fourth-order valence-corrected chi connectivity index (χ4v) is 3.76. The number of nitrogens with zero attached hydrogens (tertiary/aromatic N) is 1. The number of benzene rings is 2. The van der Waals surface area contributed by atoms with Crippen molar-refractivity contribution in [3.63, 3.8) is 0 Å². The zero-order chi connectivity index (χ0) is 20.6. The summed E-state index contributed by atoms with van der Waals surface area (Å²) in [6.07, 6.45) is 7.19. The van der Waals surface area contributed by atoms with Gasteiger partial charge in [0, 0.05) is 17.8 Å². The van der Waals surface area contributed by atoms with E-state index in [4.69, 9.17) is 11.6 Å². The molecule has 5 heteroatoms. The fourth-order valence-electron chi connectivity index (χ4n) is 3.63. The maximum absolute atomic E-state index is 12.4. The average Bonchev–Trinajstić information content (AvgIpc) is 2.76. The number of rotatable bonds is 7. The summed E-state index contributed by atoms with van der Waals surface area (Å²) in [6.45, 7) is 2.44. The monoisotopic (exact) mass is 407 g/mol. The van der Waals surface area contributed by atoms with E-state index in [0.29, 0.717) is 11.6 Å². The highest BCUT2D eigenvalue weighted by Gasteiger charge is 2.15. The molecular weight excluding hydrogens is 382 g/mol. The second kappa shape index (κ2) is 10.1. The predicted octanol–water partition coefficient (Wildman–Crippen LogP) is 4.98. The largest absolute Gasteiger partial charge is 0.383 e. The van der Waals surface area contributed by atoms with Gasteiger partial charge < -0.3 is 10.6 Å². The standard InChI is InChI=1S/C24H26ClN3O/c1-2-23(20-10-9-18-5-3-4-6-19(18)13-20)27-16-21(14-26)24(29)28-15-17-7-11-22(25)12-8-17/h7-13,16,23,27H,2-6,15H2,1H3,(H,28,29)/b21-16-. The summed E-state index contributed by atoms with van der Waals surface area (Å²) in [6, 6.07) is 16.0. The Morgan fingerprint density at radius 2 is 1.90 bits per heavy atom. The summed E-state index contributed by atoms with van der Waals surface area (Å²) in [5.41, 5.74) is 5.07. The molecule has 1 amide bonds. The highest BCUT2D eigenvalue weighted by atomic mass is 35.5. The third kappa shape index (κ3) is 5.62. The van der Waals surface area contributed by atoms with Crippen molar-refractivity contribution >= 4 is 17.5 Å². The van der Waals surface area contributed by atoms with Gasteiger partial charge in [0.05, 0.1) is 6.04 Å². The Morgan fingerprint density at radius 3 is 2.59 bits per heavy atom. The van der Waals surface area contributed by atoms with E-state index in [-0.39, 0.29) is 11.6 Å². The molecule has 150 valence electrons. The van der Waals surface area contributed by atoms with Crippen molar-refractivity contribution in [2.24, 2.45) is 0 Å². The van der Waals surface area contributed by atoms with Gasteiger partial charge in [-0.25, -0.2) is 0 Å². The first-order valence-electron chi connectivity index (χ1n) is 10.1. The maximum atomic E-state index is 12.4. The molecule has 0 saturated carbocycles. The number of nitrogens with one attached hydrogen (secondary N) is 2. The van der Waals surface area contributed by atoms with Crippen LogP contribution in [0, 0.1) is 11.3 Å². The smallest absolute Gasteiger partial charge is 0.263 e. The summed E-state index contributed by atoms with van der Waals surface area (Å²) in [7, 11) is 0. The molecule has 0 fully saturated rings. The van der Waals surface area contributed by atoms with E-state index in [9.17, 15) is 10.1 Å². The Bertz CT molecular complexity index is 928. The summed E-state index contributed by atoms with van der Waals surface area (Å²) < 4.78 is 0. The van der Waals surface area contributed by atoms with Crippen LogP contribution in [0.2, 0.25) is 5.02 Å². The van der Waals surface area contributed by atoms with Gasteiger partial charge in [0.25, 0.3) is 5.91 Å². The zero-order valence-electron chi connectivity index (χ0n) is 16.7. The molecule has 0 saturated heterocycles. The molecule has 0 radical (unpaired) electrons. The van der Waals surface area contributed by atoms with Gasteiger partial charge >= 0.3 is 0 Å². The van der Waals surface area contributed by atoms with Gasteiger partial charge in [-0.2, -0.15) is 5.26 Å². The molecule has 0 aliphatic heterocycles. The van der Waals surface area contributed by atoms with Gasteiger partial charge in [-0.3, -0.25) is 4.79 Å². The average molecular weight is 408 g/mol. The quantitative estimate of drug-likeness (QED) is 0.502. The van der Waals surface area contributed by atoms with Crippen LogP contribution in [0.5, 0.6) is 0 Å². The molecule has 2 aromatic carbocycles. The van der Waals surface area contributed by atoms with Crippen LogP contribution < -0.4 is 10.6 Å². The lowest BCUT2D eigenvalue weighted by atomic mass is 9.89. The Kier molecular flexibility index (Phi) is 7.32. The first-order chi connectivity index (χ1) is 14.1. The summed E-state index contributed by atoms with van der Waals surface area (Å²) in [5, 5.41) is 16.1. The van der Waals surface area contributed by atoms with Gasteiger partial charge in [-0.15, -0.1) is 0 Å². The van der Waals surface area contributed by atoms with Crippen LogP contribution in [-0.2, 0) is 24.2 Å². The summed E-state index contributed by atoms with van der Waals surface area (Å²) in [4.78, 5) is 12.4. The topological polar surface area (TPSA) is 64.9 Å². The summed E-state index contributed by atoms with van der Waals surface area (Å²) in [5.74, 6) is -0.393. The molecule has 29 heavy (non-hydrogen) atoms. The predicted molar refractivity (Wildman–Crippen MR) is 116 cm³/mol. The van der Waals surface area contributed by atoms with Crippen molar-refractivity contribution in [3.8, 4) is 6.07 Å². The molecule has 4 nitrogen and oxygen atoms in total. The highest BCUT2D eigenvalue weighted by molar-refractivity contribution is 6.30. The molecular formula is C24H26ClN3O. The van der Waals surface area contributed by atoms with Crippen LogP contribution in [0.15, 0.2) is 54.2 Å². The number of carbonyl (C=O) groups excluding carboxylic acids is 1. The number of hydrogen-bond acceptors (Lipinski definition) is 3. The zero-order valence-corrected chi connectivity index (χ0v) is 17.4. The van der Waals surface area contributed by atoms with Crippen molar-refractivity contribution in [1.82, 2.24) is 10.6 Å². The molecule has 1 unspecified atom stereocenters. The maximum Gasteiger partial charge on any atom is 0.263 e. The van der Waals surface area contributed by atoms with Crippen LogP contribution in [0.4, 0.5) is 0 Å². The van der Waals surface area contributed by atoms with Crippen LogP contribution >= 0.6 is 11.6 Å². The van der Waals surface area contributed by atoms with Crippen molar-refractivity contribution < 1.29 is 4.79 Å². The van der Waals surface area contributed by atoms with Crippen LogP contribution in [0.3, 0.4) is 0 Å². The number of aryl methyl sites for hydroxylation is 2. The van der Waals surface area contributed by atoms with Crippen molar-refractivity contribution in [3.05, 3.63) is 81.5 Å². The lowest BCUT2D eigenvalue weighted by Gasteiger charge is -2.21. The lowest BCUT2D eigenvalue weighted by molar-refractivity contribution is -0.117. The highest BCUT2D eigenvalue weighted by Crippen LogP contribution is 2.26. The van der Waals surface area contributed by atoms with Crippen LogP contribution in [-0.4, -0.2) is 5.91 Å². The van der Waals surface area contributed by atoms with Gasteiger partial charge in [0.15, 0.2) is 0 Å². The van der Waals surface area contributed by atoms with E-state index >= 15 is 0 Å². The Hall–Kier alpha value is -2.77. The molecule has 0 spiro atoms. The van der Waals surface area contributed by atoms with Crippen molar-refractivity contribution in [2.75, 3.05) is 0 Å². The molecule has 1 aliphatic carbocycles. The van der Waals surface area contributed by atoms with E-state index in [1.807, 2.05) is 18.2 Å². The molecule has 1 atom stereocenters. The van der Waals surface area contributed by atoms with Gasteiger partial charge in [0.1, 0.15) is 11.6 Å². The van der Waals surface area contributed by atoms with E-state index < -0.39 is 5.91 Å². The minimum atomic E-state index is -0.393. The van der Waals surface area contributed by atoms with E-state index in [0.717, 1.165) is 24.8 Å². The normalized spacial score (nSPS) is 14.4. The number of amides is 1. The van der Waals surface area contributed by atoms with Crippen LogP contribution in [0.1, 0.15) is 54.5 Å². The Morgan fingerprint density at radius 1 is 1.17 bits per heavy atom. The van der Waals surface area contributed by atoms with Gasteiger partial charge in [0.2, 0.25) is 0 Å². The molecule has 1 aliphatic rings.